The number of amides is 2. The van der Waals surface area contributed by atoms with Gasteiger partial charge in [0.1, 0.15) is 23.3 Å². The van der Waals surface area contributed by atoms with E-state index in [4.69, 9.17) is 9.47 Å². The molecular weight excluding hydrogens is 692 g/mol. The van der Waals surface area contributed by atoms with Crippen LogP contribution < -0.4 is 5.32 Å². The Morgan fingerprint density at radius 3 is 2.13 bits per heavy atom. The maximum absolute atomic E-state index is 14.5. The first-order valence-electron chi connectivity index (χ1n) is 16.5. The molecule has 4 atom stereocenters. The van der Waals surface area contributed by atoms with Crippen molar-refractivity contribution < 1.29 is 42.3 Å². The Bertz CT molecular complexity index is 1850. The Kier molecular flexibility index (Phi) is 12.6. The van der Waals surface area contributed by atoms with Crippen molar-refractivity contribution in [3.63, 3.8) is 0 Å². The van der Waals surface area contributed by atoms with Gasteiger partial charge in [-0.1, -0.05) is 78.9 Å². The molecular formula is C37H44N4O10S. The number of carbonyl (C=O) groups excluding carboxylic acids is 2. The van der Waals surface area contributed by atoms with Crippen LogP contribution in [0.1, 0.15) is 39.2 Å². The maximum Gasteiger partial charge on any atom is 0.408 e. The van der Waals surface area contributed by atoms with Gasteiger partial charge in [0, 0.05) is 31.4 Å². The molecule has 1 aliphatic rings. The van der Waals surface area contributed by atoms with Crippen LogP contribution in [0.3, 0.4) is 0 Å². The Labute approximate surface area is 303 Å². The number of likely N-dealkylation sites (tertiary alicyclic amines) is 1. The van der Waals surface area contributed by atoms with Crippen molar-refractivity contribution in [1.82, 2.24) is 14.5 Å². The molecule has 1 aliphatic heterocycles. The normalized spacial score (nSPS) is 18.7. The van der Waals surface area contributed by atoms with Gasteiger partial charge in [-0.3, -0.25) is 14.9 Å². The molecule has 15 heteroatoms. The molecule has 3 aromatic rings. The highest BCUT2D eigenvalue weighted by Gasteiger charge is 2.52. The fourth-order valence-electron chi connectivity index (χ4n) is 6.10. The number of methoxy groups -OCH3 is 1. The molecule has 3 aromatic carbocycles. The van der Waals surface area contributed by atoms with Crippen LogP contribution in [-0.4, -0.2) is 96.1 Å². The third kappa shape index (κ3) is 9.40. The van der Waals surface area contributed by atoms with Gasteiger partial charge in [0.15, 0.2) is 0 Å². The van der Waals surface area contributed by atoms with Crippen LogP contribution >= 0.6 is 0 Å². The fourth-order valence-corrected chi connectivity index (χ4v) is 7.62. The number of rotatable bonds is 15. The molecule has 0 radical (unpaired) electrons. The van der Waals surface area contributed by atoms with Crippen molar-refractivity contribution in [3.05, 3.63) is 113 Å². The number of carbonyl (C=O) groups is 3. The molecule has 0 bridgehead atoms. The number of nitrogens with one attached hydrogen (secondary N) is 1. The molecule has 1 unspecified atom stereocenters. The monoisotopic (exact) mass is 736 g/mol. The first-order chi connectivity index (χ1) is 24.5. The number of ether oxygens (including phenoxy) is 2. The zero-order valence-electron chi connectivity index (χ0n) is 29.5. The van der Waals surface area contributed by atoms with E-state index in [9.17, 15) is 38.0 Å². The Balaban J connectivity index is 1.76. The number of carboxylic acids is 1. The number of hydrogen-bond acceptors (Lipinski definition) is 9. The molecule has 1 saturated heterocycles. The lowest BCUT2D eigenvalue weighted by Gasteiger charge is -2.33. The first-order valence-corrected chi connectivity index (χ1v) is 18.0. The Hall–Kier alpha value is -5.12. The molecule has 0 aliphatic carbocycles. The summed E-state index contributed by atoms with van der Waals surface area (Å²) < 4.78 is 40.1. The predicted octanol–water partition coefficient (Wildman–Crippen LogP) is 4.69. The zero-order chi connectivity index (χ0) is 38.3. The summed E-state index contributed by atoms with van der Waals surface area (Å²) in [4.78, 5) is 52.6. The number of carboxylic acid groups (broad SMARTS) is 1. The second kappa shape index (κ2) is 16.5. The number of nitro groups is 1. The highest BCUT2D eigenvalue weighted by atomic mass is 32.2. The van der Waals surface area contributed by atoms with E-state index in [1.807, 2.05) is 42.5 Å². The molecule has 1 fully saturated rings. The highest BCUT2D eigenvalue weighted by Crippen LogP contribution is 2.40. The van der Waals surface area contributed by atoms with Crippen molar-refractivity contribution in [2.24, 2.45) is 0 Å². The lowest BCUT2D eigenvalue weighted by atomic mass is 9.89. The molecule has 2 amide bonds. The third-order valence-corrected chi connectivity index (χ3v) is 10.6. The lowest BCUT2D eigenvalue weighted by Crippen LogP contribution is -2.58. The average Bonchev–Trinajstić information content (AvgIpc) is 3.52. The van der Waals surface area contributed by atoms with E-state index in [0.29, 0.717) is 5.56 Å². The minimum atomic E-state index is -4.51. The molecule has 14 nitrogen and oxygen atoms in total. The van der Waals surface area contributed by atoms with Crippen molar-refractivity contribution in [3.8, 4) is 11.1 Å². The Morgan fingerprint density at radius 2 is 1.62 bits per heavy atom. The van der Waals surface area contributed by atoms with E-state index in [2.05, 4.69) is 11.9 Å². The summed E-state index contributed by atoms with van der Waals surface area (Å²) in [6, 6.07) is 19.4. The predicted molar refractivity (Wildman–Crippen MR) is 192 cm³/mol. The Morgan fingerprint density at radius 1 is 1.04 bits per heavy atom. The van der Waals surface area contributed by atoms with Crippen molar-refractivity contribution in [2.45, 2.75) is 67.8 Å². The average molecular weight is 737 g/mol. The summed E-state index contributed by atoms with van der Waals surface area (Å²) in [5, 5.41) is 24.8. The van der Waals surface area contributed by atoms with Crippen LogP contribution in [0.4, 0.5) is 4.79 Å². The minimum absolute atomic E-state index is 0.164. The maximum atomic E-state index is 14.5. The number of alkyl carbamates (subject to hydrolysis) is 1. The topological polar surface area (TPSA) is 186 Å². The molecule has 52 heavy (non-hydrogen) atoms. The zero-order valence-corrected chi connectivity index (χ0v) is 30.3. The number of benzene rings is 3. The van der Waals surface area contributed by atoms with E-state index >= 15 is 0 Å². The number of hydrogen-bond donors (Lipinski definition) is 2. The summed E-state index contributed by atoms with van der Waals surface area (Å²) in [5.74, 6) is -2.30. The standard InChI is InChI=1S/C37H44N4O10S/c1-6-13-29(41(46)47)23-39(52(48,49)30-16-11-8-12-17-30)24-31(38-35(45)51-36(2,3)4)33(42)40-25-37(50-5,22-32(40)34(43)44)28-20-18-27(19-21-28)26-14-9-7-10-15-26/h6-12,14-21,29,31-32H,1,13,22-25H2,2-5H3,(H,38,45)(H,43,44)/t29-,31?,32-,37-/m0/s1. The quantitative estimate of drug-likeness (QED) is 0.126. The summed E-state index contributed by atoms with van der Waals surface area (Å²) in [7, 11) is -3.10. The first kappa shape index (κ1) is 39.7. The van der Waals surface area contributed by atoms with Crippen molar-refractivity contribution >= 4 is 28.0 Å². The smallest absolute Gasteiger partial charge is 0.408 e. The number of aliphatic carboxylic acids is 1. The van der Waals surface area contributed by atoms with Crippen molar-refractivity contribution in [1.29, 1.82) is 0 Å². The van der Waals surface area contributed by atoms with Gasteiger partial charge in [-0.05, 0) is 49.6 Å². The molecule has 0 aromatic heterocycles. The molecule has 2 N–H and O–H groups in total. The van der Waals surface area contributed by atoms with E-state index < -0.39 is 75.3 Å². The van der Waals surface area contributed by atoms with Crippen LogP contribution in [0.15, 0.2) is 102 Å². The van der Waals surface area contributed by atoms with Crippen molar-refractivity contribution in [2.75, 3.05) is 26.7 Å². The van der Waals surface area contributed by atoms with Gasteiger partial charge in [-0.2, -0.15) is 4.31 Å². The highest BCUT2D eigenvalue weighted by molar-refractivity contribution is 7.89. The van der Waals surface area contributed by atoms with Gasteiger partial charge in [-0.15, -0.1) is 6.58 Å². The summed E-state index contributed by atoms with van der Waals surface area (Å²) in [5.41, 5.74) is 0.149. The third-order valence-electron chi connectivity index (χ3n) is 8.71. The number of nitrogens with zero attached hydrogens (tertiary/aromatic N) is 3. The van der Waals surface area contributed by atoms with Crippen LogP contribution in [-0.2, 0) is 34.7 Å². The second-order valence-corrected chi connectivity index (χ2v) is 15.4. The SMILES string of the molecule is C=CC[C@@H](CN(CC(NC(=O)OC(C)(C)C)C(=O)N1C[C@](OC)(c2ccc(-c3ccccc3)cc2)C[C@H]1C(=O)O)S(=O)(=O)c1ccccc1)[N+](=O)[O-]. The van der Waals surface area contributed by atoms with Crippen LogP contribution in [0.25, 0.3) is 11.1 Å². The van der Waals surface area contributed by atoms with Gasteiger partial charge in [0.25, 0.3) is 0 Å². The van der Waals surface area contributed by atoms with Gasteiger partial charge in [0.05, 0.1) is 18.0 Å². The van der Waals surface area contributed by atoms with Crippen LogP contribution in [0, 0.1) is 10.1 Å². The molecule has 0 saturated carbocycles. The summed E-state index contributed by atoms with van der Waals surface area (Å²) in [6.45, 7) is 6.56. The summed E-state index contributed by atoms with van der Waals surface area (Å²) in [6.07, 6.45) is -0.164. The minimum Gasteiger partial charge on any atom is -0.480 e. The lowest BCUT2D eigenvalue weighted by molar-refractivity contribution is -0.521. The molecule has 0 spiro atoms. The van der Waals surface area contributed by atoms with Crippen LogP contribution in [0.5, 0.6) is 0 Å². The molecule has 1 heterocycles. The van der Waals surface area contributed by atoms with Gasteiger partial charge < -0.3 is 24.8 Å². The van der Waals surface area contributed by atoms with E-state index in [0.717, 1.165) is 20.3 Å². The molecule has 4 rings (SSSR count). The van der Waals surface area contributed by atoms with E-state index in [1.165, 1.54) is 37.5 Å². The van der Waals surface area contributed by atoms with Gasteiger partial charge in [-0.25, -0.2) is 18.0 Å². The second-order valence-electron chi connectivity index (χ2n) is 13.5. The van der Waals surface area contributed by atoms with Gasteiger partial charge >= 0.3 is 12.1 Å². The summed E-state index contributed by atoms with van der Waals surface area (Å²) >= 11 is 0. The van der Waals surface area contributed by atoms with E-state index in [1.54, 1.807) is 39.0 Å². The largest absolute Gasteiger partial charge is 0.480 e. The fraction of sp³-hybridized carbons (Fsp3) is 0.378. The van der Waals surface area contributed by atoms with Gasteiger partial charge in [0.2, 0.25) is 22.0 Å². The van der Waals surface area contributed by atoms with E-state index in [-0.39, 0.29) is 24.3 Å². The van der Waals surface area contributed by atoms with Crippen LogP contribution in [0.2, 0.25) is 0 Å². The molecule has 278 valence electrons. The number of sulfonamides is 1.